The maximum absolute atomic E-state index is 15.0. The van der Waals surface area contributed by atoms with Crippen molar-refractivity contribution in [1.82, 2.24) is 68.1 Å². The van der Waals surface area contributed by atoms with Crippen LogP contribution in [0, 0.1) is 59.8 Å². The summed E-state index contributed by atoms with van der Waals surface area (Å²) in [4.78, 5) is 58.0. The van der Waals surface area contributed by atoms with E-state index in [9.17, 15) is 57.1 Å². The van der Waals surface area contributed by atoms with Crippen LogP contribution in [0.2, 0.25) is 0 Å². The van der Waals surface area contributed by atoms with Crippen LogP contribution in [-0.4, -0.2) is 207 Å². The number of aliphatic hydroxyl groups is 8. The molecule has 0 spiro atoms. The second-order valence-corrected chi connectivity index (χ2v) is 20.0. The fourth-order valence-electron chi connectivity index (χ4n) is 9.99. The average Bonchev–Trinajstić information content (AvgIpc) is 1.71. The highest BCUT2D eigenvalue weighted by Gasteiger charge is 2.61. The number of aromatic nitrogens is 14. The average molecular weight is 1250 g/mol. The Kier molecular flexibility index (Phi) is 17.1. The Morgan fingerprint density at radius 3 is 1.50 bits per heavy atom. The van der Waals surface area contributed by atoms with Crippen molar-refractivity contribution in [2.24, 2.45) is 0 Å². The third kappa shape index (κ3) is 10.3. The Morgan fingerprint density at radius 2 is 1.01 bits per heavy atom. The van der Waals surface area contributed by atoms with Gasteiger partial charge in [-0.15, -0.1) is 25.7 Å². The van der Waals surface area contributed by atoms with E-state index in [1.54, 1.807) is 5.92 Å². The van der Waals surface area contributed by atoms with Crippen molar-refractivity contribution < 1.29 is 81.8 Å². The smallest absolute Gasteiger partial charge is 0.264 e. The van der Waals surface area contributed by atoms with E-state index in [-0.39, 0.29) is 61.9 Å². The number of ether oxygens (including phenoxy) is 4. The zero-order chi connectivity index (χ0) is 64.3. The number of alkyl halides is 4. The van der Waals surface area contributed by atoms with Gasteiger partial charge in [-0.25, -0.2) is 41.9 Å². The summed E-state index contributed by atoms with van der Waals surface area (Å²) in [6.45, 7) is -2.48. The number of nitrogens with one attached hydrogen (secondary N) is 3. The normalized spacial score (nSPS) is 31.5. The van der Waals surface area contributed by atoms with Crippen molar-refractivity contribution >= 4 is 80.4 Å². The van der Waals surface area contributed by atoms with Crippen molar-refractivity contribution in [2.75, 3.05) is 49.4 Å². The fraction of sp³-hybridized carbons (Fsp3) is 0.400. The van der Waals surface area contributed by atoms with Gasteiger partial charge >= 0.3 is 0 Å². The van der Waals surface area contributed by atoms with Crippen LogP contribution in [0.3, 0.4) is 0 Å². The Hall–Kier alpha value is -9.23. The summed E-state index contributed by atoms with van der Waals surface area (Å²) >= 11 is 5.03. The number of rotatable bonds is 8. The number of fused-ring (bicyclic) bond motifs is 4. The Balaban J connectivity index is 0.000000140. The van der Waals surface area contributed by atoms with Gasteiger partial charge in [0.25, 0.3) is 11.1 Å². The minimum Gasteiger partial charge on any atom is -0.394 e. The number of anilines is 4. The van der Waals surface area contributed by atoms with Crippen molar-refractivity contribution in [3.63, 3.8) is 0 Å². The number of aromatic amines is 3. The molecule has 8 aromatic rings. The summed E-state index contributed by atoms with van der Waals surface area (Å²) in [5.41, 5.74) is 11.1. The lowest BCUT2D eigenvalue weighted by Crippen LogP contribution is -2.42. The first-order valence-corrected chi connectivity index (χ1v) is 25.6. The topological polar surface area (TPSA) is 494 Å². The molecule has 88 heavy (non-hydrogen) atoms. The minimum atomic E-state index is -2.76. The first-order chi connectivity index (χ1) is 41.7. The monoisotopic (exact) mass is 1250 g/mol. The Labute approximate surface area is 492 Å². The number of halogens is 5. The number of nitrogen functional groups attached to an aromatic ring is 4. The maximum atomic E-state index is 15.0. The molecule has 16 atom stereocenters. The van der Waals surface area contributed by atoms with E-state index in [1.807, 2.05) is 17.8 Å². The highest BCUT2D eigenvalue weighted by atomic mass is 32.1. The largest absolute Gasteiger partial charge is 0.394 e. The lowest BCUT2D eigenvalue weighted by atomic mass is 9.97. The predicted molar refractivity (Wildman–Crippen MR) is 295 cm³/mol. The van der Waals surface area contributed by atoms with Crippen LogP contribution >= 0.6 is 12.2 Å². The molecule has 12 rings (SSSR count). The zero-order valence-corrected chi connectivity index (χ0v) is 45.4. The van der Waals surface area contributed by atoms with Gasteiger partial charge in [-0.3, -0.25) is 33.3 Å². The van der Waals surface area contributed by atoms with E-state index in [0.29, 0.717) is 5.52 Å². The summed E-state index contributed by atoms with van der Waals surface area (Å²) in [5, 5.41) is 76.0. The van der Waals surface area contributed by atoms with Crippen LogP contribution < -0.4 is 34.1 Å². The molecule has 0 aliphatic carbocycles. The summed E-state index contributed by atoms with van der Waals surface area (Å²) < 4.78 is 99.6. The highest BCUT2D eigenvalue weighted by Crippen LogP contribution is 2.46. The van der Waals surface area contributed by atoms with E-state index < -0.39 is 145 Å². The summed E-state index contributed by atoms with van der Waals surface area (Å²) in [6.07, 6.45) is 9.14. The molecular weight excluding hydrogens is 1200 g/mol. The number of aliphatic hydroxyl groups excluding tert-OH is 8. The first kappa shape index (κ1) is 63.3. The molecule has 0 saturated carbocycles. The van der Waals surface area contributed by atoms with E-state index in [0.717, 1.165) is 10.8 Å². The van der Waals surface area contributed by atoms with Gasteiger partial charge in [0.15, 0.2) is 58.3 Å². The SMILES string of the molecule is C#CC1(F)[C@@H](O)[C@@H](CO)O[C@H]1n1cc(F)c2c(=O)[nH]c(N)nc21.C#CC1(F)[C@@H](O)[C@@H](CO)O[C@H]1n1ccc2c(=O)[nH]c(N)nc21.C#CC1(F)[C@@H](O)[C@@H](CO)O[C@H]1n1cnc2c(=S)nc(N)[nH]c21.C#CC1(F)[C@@H](O)[C@@H](CO)O[C@H]1n1cnc2cnc(N)nc21. The second-order valence-electron chi connectivity index (χ2n) is 19.6. The maximum Gasteiger partial charge on any atom is 0.264 e. The standard InChI is InChI=1S/C13H12F2N4O4.C13H13FN4O4.C12H12FN5O3S.C12H12FN5O3/c1-2-13(15)8(21)6(4-20)23-11(13)19-3-5(14)7-9(19)17-12(16)18-10(7)22;1-2-13(14)8(20)7(5-19)22-11(13)18-4-3-6-9(18)16-12(15)17-10(6)21;1-2-12(13)7(20)5(3-19)21-10(12)18-4-15-6-8(18)16-11(14)17-9(6)22;1-2-12(13)8(20)7(4-19)21-10(12)18-5-16-6-3-15-11(14)17-9(6)18/h1,3,6,8,11,20-21H,4H2,(H3,16,17,18,22);1,3-4,7-8,11,19-20H,5H2,(H3,15,16,17,21);1,4-5,7,10,19-20H,3H2,(H3,14,16,17,22);1,3,5,7-8,10,19-20H,4H2,(H2,14,15,17)/t6-,8+,11-,13?;7-,8+,11-,13?;5-,7+,10-,12?;7-,8+,10-,12?/m1111/s1. The molecule has 4 fully saturated rings. The van der Waals surface area contributed by atoms with Crippen molar-refractivity contribution in [2.45, 2.75) is 96.4 Å². The second kappa shape index (κ2) is 23.8. The molecule has 0 amide bonds. The van der Waals surface area contributed by atoms with Gasteiger partial charge in [0, 0.05) is 12.4 Å². The molecular formula is C50H49F5N18O14S. The van der Waals surface area contributed by atoms with Gasteiger partial charge < -0.3 is 92.3 Å². The fourth-order valence-corrected chi connectivity index (χ4v) is 10.2. The van der Waals surface area contributed by atoms with Gasteiger partial charge in [0.2, 0.25) is 40.5 Å². The van der Waals surface area contributed by atoms with E-state index in [2.05, 4.69) is 49.8 Å². The molecule has 12 heterocycles. The summed E-state index contributed by atoms with van der Waals surface area (Å²) in [6, 6.07) is 1.40. The van der Waals surface area contributed by atoms with Crippen molar-refractivity contribution in [3.05, 3.63) is 68.5 Å². The van der Waals surface area contributed by atoms with Crippen molar-refractivity contribution in [1.29, 1.82) is 0 Å². The Morgan fingerprint density at radius 1 is 0.580 bits per heavy atom. The molecule has 4 unspecified atom stereocenters. The van der Waals surface area contributed by atoms with Crippen LogP contribution in [0.25, 0.3) is 44.4 Å². The van der Waals surface area contributed by atoms with Gasteiger partial charge in [0.1, 0.15) is 70.9 Å². The molecule has 8 aromatic heterocycles. The predicted octanol–water partition coefficient (Wildman–Crippen LogP) is -3.40. The number of nitrogens with zero attached hydrogens (tertiary/aromatic N) is 11. The number of imidazole rings is 2. The number of hydrogen-bond donors (Lipinski definition) is 15. The van der Waals surface area contributed by atoms with Crippen LogP contribution in [0.5, 0.6) is 0 Å². The van der Waals surface area contributed by atoms with Gasteiger partial charge in [-0.1, -0.05) is 35.9 Å². The molecule has 4 saturated heterocycles. The minimum absolute atomic E-state index is 0.0154. The van der Waals surface area contributed by atoms with E-state index in [1.165, 1.54) is 44.8 Å². The first-order valence-electron chi connectivity index (χ1n) is 25.2. The van der Waals surface area contributed by atoms with Gasteiger partial charge in [-0.05, 0) is 6.07 Å². The van der Waals surface area contributed by atoms with E-state index in [4.69, 9.17) is 95.1 Å². The molecule has 464 valence electrons. The molecule has 32 nitrogen and oxygen atoms in total. The van der Waals surface area contributed by atoms with Crippen LogP contribution in [0.15, 0.2) is 46.9 Å². The summed E-state index contributed by atoms with van der Waals surface area (Å²) in [5.74, 6) is 5.97. The molecule has 4 aliphatic heterocycles. The molecule has 38 heteroatoms. The van der Waals surface area contributed by atoms with Crippen LogP contribution in [-0.2, 0) is 18.9 Å². The van der Waals surface area contributed by atoms with Crippen molar-refractivity contribution in [3.8, 4) is 49.4 Å². The highest BCUT2D eigenvalue weighted by molar-refractivity contribution is 7.71. The number of H-pyrrole nitrogens is 3. The number of terminal acetylenes is 4. The zero-order valence-electron chi connectivity index (χ0n) is 44.6. The third-order valence-corrected chi connectivity index (χ3v) is 14.7. The summed E-state index contributed by atoms with van der Waals surface area (Å²) in [7, 11) is 0. The number of nitrogens with two attached hydrogens (primary N) is 4. The Bertz CT molecular complexity index is 4210. The van der Waals surface area contributed by atoms with Gasteiger partial charge in [-0.2, -0.15) is 15.0 Å². The molecule has 4 aliphatic rings. The van der Waals surface area contributed by atoms with E-state index >= 15 is 0 Å². The molecule has 19 N–H and O–H groups in total. The molecule has 0 bridgehead atoms. The molecule has 0 aromatic carbocycles. The van der Waals surface area contributed by atoms with Gasteiger partial charge in [0.05, 0.1) is 50.7 Å². The van der Waals surface area contributed by atoms with Crippen LogP contribution in [0.4, 0.5) is 45.7 Å². The van der Waals surface area contributed by atoms with Crippen LogP contribution in [0.1, 0.15) is 24.9 Å². The quantitative estimate of drug-likeness (QED) is 0.0401. The third-order valence-electron chi connectivity index (χ3n) is 14.5. The lowest BCUT2D eigenvalue weighted by Gasteiger charge is -2.24. The number of hydrogen-bond acceptors (Lipinski definition) is 26. The lowest BCUT2D eigenvalue weighted by molar-refractivity contribution is -0.0504. The molecule has 0 radical (unpaired) electrons.